The van der Waals surface area contributed by atoms with Gasteiger partial charge in [-0.15, -0.1) is 0 Å². The zero-order valence-corrected chi connectivity index (χ0v) is 18.2. The number of rotatable bonds is 4. The van der Waals surface area contributed by atoms with Gasteiger partial charge in [0.1, 0.15) is 11.7 Å². The number of nitrogens with zero attached hydrogens (tertiary/aromatic N) is 1. The van der Waals surface area contributed by atoms with E-state index in [-0.39, 0.29) is 24.1 Å². The minimum Gasteiger partial charge on any atom is -0.458 e. The first kappa shape index (κ1) is 21.2. The van der Waals surface area contributed by atoms with Gasteiger partial charge in [-0.25, -0.2) is 9.59 Å². The molecule has 3 fully saturated rings. The van der Waals surface area contributed by atoms with Crippen LogP contribution >= 0.6 is 0 Å². The van der Waals surface area contributed by atoms with Crippen LogP contribution in [-0.2, 0) is 19.9 Å². The molecule has 1 amide bonds. The second kappa shape index (κ2) is 7.88. The summed E-state index contributed by atoms with van der Waals surface area (Å²) in [4.78, 5) is 27.8. The van der Waals surface area contributed by atoms with E-state index < -0.39 is 23.3 Å². The summed E-state index contributed by atoms with van der Waals surface area (Å²) in [5.41, 5.74) is -1.62. The van der Waals surface area contributed by atoms with E-state index in [0.29, 0.717) is 12.0 Å². The molecule has 2 bridgehead atoms. The number of ether oxygens (including phenoxy) is 2. The van der Waals surface area contributed by atoms with E-state index in [1.54, 1.807) is 17.0 Å². The Morgan fingerprint density at radius 3 is 2.33 bits per heavy atom. The zero-order valence-electron chi connectivity index (χ0n) is 18.2. The van der Waals surface area contributed by atoms with Crippen molar-refractivity contribution in [2.45, 2.75) is 95.1 Å². The molecule has 1 aromatic carbocycles. The Labute approximate surface area is 178 Å². The van der Waals surface area contributed by atoms with E-state index in [9.17, 15) is 14.7 Å². The van der Waals surface area contributed by atoms with E-state index in [1.165, 1.54) is 0 Å². The van der Waals surface area contributed by atoms with Crippen LogP contribution in [0, 0.1) is 5.92 Å². The number of aliphatic hydroxyl groups is 1. The van der Waals surface area contributed by atoms with Crippen molar-refractivity contribution in [1.29, 1.82) is 0 Å². The first-order valence-corrected chi connectivity index (χ1v) is 11.2. The summed E-state index contributed by atoms with van der Waals surface area (Å²) in [6, 6.07) is 8.99. The Hall–Kier alpha value is -2.08. The summed E-state index contributed by atoms with van der Waals surface area (Å²) in [6.45, 7) is 5.55. The van der Waals surface area contributed by atoms with Gasteiger partial charge in [0.05, 0.1) is 6.04 Å². The van der Waals surface area contributed by atoms with E-state index >= 15 is 0 Å². The van der Waals surface area contributed by atoms with Gasteiger partial charge in [0, 0.05) is 18.4 Å². The average Bonchev–Trinajstić information content (AvgIpc) is 3.43. The van der Waals surface area contributed by atoms with Crippen LogP contribution in [-0.4, -0.2) is 45.9 Å². The number of amides is 1. The van der Waals surface area contributed by atoms with E-state index in [4.69, 9.17) is 9.47 Å². The summed E-state index contributed by atoms with van der Waals surface area (Å²) in [6.07, 6.45) is 5.16. The van der Waals surface area contributed by atoms with Crippen LogP contribution < -0.4 is 0 Å². The summed E-state index contributed by atoms with van der Waals surface area (Å²) in [7, 11) is 0. The molecule has 0 spiro atoms. The monoisotopic (exact) mass is 415 g/mol. The van der Waals surface area contributed by atoms with Gasteiger partial charge in [0.2, 0.25) is 0 Å². The zero-order chi connectivity index (χ0) is 21.5. The van der Waals surface area contributed by atoms with Crippen LogP contribution in [0.15, 0.2) is 30.3 Å². The van der Waals surface area contributed by atoms with Gasteiger partial charge in [-0.2, -0.15) is 0 Å². The molecule has 2 aliphatic heterocycles. The Morgan fingerprint density at radius 2 is 1.70 bits per heavy atom. The highest BCUT2D eigenvalue weighted by Crippen LogP contribution is 2.44. The third kappa shape index (κ3) is 3.82. The van der Waals surface area contributed by atoms with Crippen LogP contribution in [0.5, 0.6) is 0 Å². The maximum Gasteiger partial charge on any atom is 0.410 e. The summed E-state index contributed by atoms with van der Waals surface area (Å²) >= 11 is 0. The van der Waals surface area contributed by atoms with Crippen molar-refractivity contribution in [2.75, 3.05) is 0 Å². The van der Waals surface area contributed by atoms with Gasteiger partial charge in [-0.05, 0) is 52.0 Å². The fraction of sp³-hybridized carbons (Fsp3) is 0.667. The number of esters is 1. The van der Waals surface area contributed by atoms with Crippen molar-refractivity contribution in [1.82, 2.24) is 4.90 Å². The second-order valence-electron chi connectivity index (χ2n) is 9.98. The van der Waals surface area contributed by atoms with Crippen LogP contribution in [0.1, 0.15) is 71.3 Å². The lowest BCUT2D eigenvalue weighted by molar-refractivity contribution is -0.180. The van der Waals surface area contributed by atoms with Crippen LogP contribution in [0.25, 0.3) is 0 Å². The Kier molecular flexibility index (Phi) is 5.56. The number of hydrogen-bond acceptors (Lipinski definition) is 5. The van der Waals surface area contributed by atoms with Crippen molar-refractivity contribution >= 4 is 12.1 Å². The first-order valence-electron chi connectivity index (χ1n) is 11.2. The second-order valence-corrected chi connectivity index (χ2v) is 9.98. The lowest BCUT2D eigenvalue weighted by Crippen LogP contribution is -2.47. The minimum atomic E-state index is -1.64. The fourth-order valence-corrected chi connectivity index (χ4v) is 5.44. The number of hydrogen-bond donors (Lipinski definition) is 1. The van der Waals surface area contributed by atoms with E-state index in [0.717, 1.165) is 38.5 Å². The molecule has 6 nitrogen and oxygen atoms in total. The standard InChI is InChI=1S/C24H33NO5/c1-23(2,3)30-22(27)25-18-13-14-19(25)20(15-18)29-21(26)24(28,17-11-7-8-12-17)16-9-5-4-6-10-16/h4-6,9-10,17-20,28H,7-8,11-15H2,1-3H3/t18?,19-,20-,24-/m0/s1. The molecule has 2 saturated heterocycles. The van der Waals surface area contributed by atoms with Crippen molar-refractivity contribution in [3.8, 4) is 0 Å². The van der Waals surface area contributed by atoms with E-state index in [1.807, 2.05) is 39.0 Å². The highest BCUT2D eigenvalue weighted by Gasteiger charge is 2.54. The lowest BCUT2D eigenvalue weighted by atomic mass is 9.80. The molecule has 2 heterocycles. The summed E-state index contributed by atoms with van der Waals surface area (Å²) in [5.74, 6) is -0.727. The topological polar surface area (TPSA) is 76.1 Å². The molecule has 30 heavy (non-hydrogen) atoms. The summed E-state index contributed by atoms with van der Waals surface area (Å²) < 4.78 is 11.5. The molecule has 164 valence electrons. The van der Waals surface area contributed by atoms with Gasteiger partial charge in [0.25, 0.3) is 0 Å². The number of carbonyl (C=O) groups is 2. The molecule has 0 aromatic heterocycles. The predicted molar refractivity (Wildman–Crippen MR) is 112 cm³/mol. The third-order valence-corrected chi connectivity index (χ3v) is 6.81. The van der Waals surface area contributed by atoms with E-state index in [2.05, 4.69) is 0 Å². The van der Waals surface area contributed by atoms with Crippen molar-refractivity contribution in [3.63, 3.8) is 0 Å². The number of benzene rings is 1. The molecule has 4 atom stereocenters. The highest BCUT2D eigenvalue weighted by molar-refractivity contribution is 5.82. The maximum atomic E-state index is 13.4. The molecule has 1 saturated carbocycles. The average molecular weight is 416 g/mol. The van der Waals surface area contributed by atoms with Crippen LogP contribution in [0.4, 0.5) is 4.79 Å². The van der Waals surface area contributed by atoms with Gasteiger partial charge < -0.3 is 14.6 Å². The Morgan fingerprint density at radius 1 is 1.03 bits per heavy atom. The molecular formula is C24H33NO5. The van der Waals surface area contributed by atoms with Gasteiger partial charge in [-0.3, -0.25) is 4.90 Å². The molecule has 1 N–H and O–H groups in total. The van der Waals surface area contributed by atoms with Gasteiger partial charge in [-0.1, -0.05) is 43.2 Å². The Balaban J connectivity index is 1.52. The third-order valence-electron chi connectivity index (χ3n) is 6.81. The molecule has 6 heteroatoms. The highest BCUT2D eigenvalue weighted by atomic mass is 16.6. The number of carbonyl (C=O) groups excluding carboxylic acids is 2. The van der Waals surface area contributed by atoms with Crippen molar-refractivity contribution in [3.05, 3.63) is 35.9 Å². The van der Waals surface area contributed by atoms with Crippen molar-refractivity contribution in [2.24, 2.45) is 5.92 Å². The molecule has 3 aliphatic rings. The van der Waals surface area contributed by atoms with Gasteiger partial charge >= 0.3 is 12.1 Å². The van der Waals surface area contributed by atoms with Gasteiger partial charge in [0.15, 0.2) is 5.60 Å². The summed E-state index contributed by atoms with van der Waals surface area (Å²) in [5, 5.41) is 11.6. The molecule has 4 rings (SSSR count). The van der Waals surface area contributed by atoms with Crippen LogP contribution in [0.2, 0.25) is 0 Å². The minimum absolute atomic E-state index is 0.0268. The largest absolute Gasteiger partial charge is 0.458 e. The molecule has 1 unspecified atom stereocenters. The first-order chi connectivity index (χ1) is 14.2. The fourth-order valence-electron chi connectivity index (χ4n) is 5.44. The molecule has 0 radical (unpaired) electrons. The SMILES string of the molecule is CC(C)(C)OC(=O)N1C2CC[C@H]1[C@@H](OC(=O)[C@](O)(c1ccccc1)C1CCCC1)C2. The van der Waals surface area contributed by atoms with Crippen LogP contribution in [0.3, 0.4) is 0 Å². The molecule has 1 aliphatic carbocycles. The maximum absolute atomic E-state index is 13.4. The quantitative estimate of drug-likeness (QED) is 0.748. The Bertz CT molecular complexity index is 783. The lowest BCUT2D eigenvalue weighted by Gasteiger charge is -2.34. The normalized spacial score (nSPS) is 28.4. The molecular weight excluding hydrogens is 382 g/mol. The number of fused-ring (bicyclic) bond motifs is 2. The van der Waals surface area contributed by atoms with Crippen molar-refractivity contribution < 1.29 is 24.2 Å². The smallest absolute Gasteiger partial charge is 0.410 e. The predicted octanol–water partition coefficient (Wildman–Crippen LogP) is 4.15. The molecule has 1 aromatic rings.